The third kappa shape index (κ3) is 4.84. The number of anilines is 1. The summed E-state index contributed by atoms with van der Waals surface area (Å²) in [5.41, 5.74) is 0.575. The summed E-state index contributed by atoms with van der Waals surface area (Å²) in [6.07, 6.45) is 0.721. The molecule has 0 radical (unpaired) electrons. The van der Waals surface area contributed by atoms with Crippen LogP contribution in [0, 0.1) is 0 Å². The summed E-state index contributed by atoms with van der Waals surface area (Å²) in [6, 6.07) is 5.69. The van der Waals surface area contributed by atoms with Crippen LogP contribution >= 0.6 is 0 Å². The topological polar surface area (TPSA) is 87.7 Å². The van der Waals surface area contributed by atoms with Crippen molar-refractivity contribution in [2.24, 2.45) is 0 Å². The number of nitrogens with one attached hydrogen (secondary N) is 2. The standard InChI is InChI=1S/C12H16N2O4/c1-18-7-3-6-13-12(17)14-10-5-2-4-9(8-10)11(15)16/h2,4-5,8H,3,6-7H2,1H3,(H,15,16)(H2,13,14,17). The molecule has 1 rings (SSSR count). The second-order valence-electron chi connectivity index (χ2n) is 3.61. The first-order valence-electron chi connectivity index (χ1n) is 5.50. The van der Waals surface area contributed by atoms with Gasteiger partial charge in [0.15, 0.2) is 0 Å². The van der Waals surface area contributed by atoms with Gasteiger partial charge in [0.1, 0.15) is 0 Å². The molecule has 6 nitrogen and oxygen atoms in total. The van der Waals surface area contributed by atoms with Gasteiger partial charge in [-0.15, -0.1) is 0 Å². The van der Waals surface area contributed by atoms with Crippen LogP contribution in [-0.2, 0) is 4.74 Å². The van der Waals surface area contributed by atoms with Crippen LogP contribution < -0.4 is 10.6 Å². The van der Waals surface area contributed by atoms with Gasteiger partial charge < -0.3 is 20.5 Å². The highest BCUT2D eigenvalue weighted by Gasteiger charge is 2.05. The molecule has 0 aliphatic heterocycles. The van der Waals surface area contributed by atoms with Gasteiger partial charge in [0.05, 0.1) is 5.56 Å². The fourth-order valence-electron chi connectivity index (χ4n) is 1.32. The van der Waals surface area contributed by atoms with Crippen LogP contribution in [0.15, 0.2) is 24.3 Å². The maximum atomic E-state index is 11.4. The van der Waals surface area contributed by atoms with Gasteiger partial charge >= 0.3 is 12.0 Å². The maximum Gasteiger partial charge on any atom is 0.335 e. The quantitative estimate of drug-likeness (QED) is 0.670. The van der Waals surface area contributed by atoms with E-state index >= 15 is 0 Å². The van der Waals surface area contributed by atoms with E-state index in [0.717, 1.165) is 6.42 Å². The Kier molecular flexibility index (Phi) is 5.66. The predicted octanol–water partition coefficient (Wildman–Crippen LogP) is 1.54. The van der Waals surface area contributed by atoms with Gasteiger partial charge in [-0.1, -0.05) is 6.07 Å². The molecule has 0 bridgehead atoms. The lowest BCUT2D eigenvalue weighted by Crippen LogP contribution is -2.30. The lowest BCUT2D eigenvalue weighted by Gasteiger charge is -2.07. The smallest absolute Gasteiger partial charge is 0.335 e. The van der Waals surface area contributed by atoms with Crippen molar-refractivity contribution >= 4 is 17.7 Å². The van der Waals surface area contributed by atoms with Gasteiger partial charge in [0, 0.05) is 25.9 Å². The maximum absolute atomic E-state index is 11.4. The number of hydrogen-bond donors (Lipinski definition) is 3. The molecule has 98 valence electrons. The summed E-state index contributed by atoms with van der Waals surface area (Å²) in [6.45, 7) is 1.08. The fraction of sp³-hybridized carbons (Fsp3) is 0.333. The van der Waals surface area contributed by atoms with Crippen molar-refractivity contribution in [3.63, 3.8) is 0 Å². The number of rotatable bonds is 6. The van der Waals surface area contributed by atoms with Crippen molar-refractivity contribution < 1.29 is 19.4 Å². The van der Waals surface area contributed by atoms with E-state index in [1.807, 2.05) is 0 Å². The molecule has 0 unspecified atom stereocenters. The Morgan fingerprint density at radius 3 is 2.83 bits per heavy atom. The molecule has 0 aromatic heterocycles. The van der Waals surface area contributed by atoms with E-state index in [4.69, 9.17) is 9.84 Å². The highest BCUT2D eigenvalue weighted by Crippen LogP contribution is 2.10. The van der Waals surface area contributed by atoms with Gasteiger partial charge in [-0.3, -0.25) is 0 Å². The number of amides is 2. The second-order valence-corrected chi connectivity index (χ2v) is 3.61. The molecule has 0 fully saturated rings. The van der Waals surface area contributed by atoms with E-state index in [2.05, 4.69) is 10.6 Å². The molecule has 0 aliphatic carbocycles. The van der Waals surface area contributed by atoms with E-state index < -0.39 is 5.97 Å². The Labute approximate surface area is 105 Å². The number of carboxylic acid groups (broad SMARTS) is 1. The number of ether oxygens (including phenoxy) is 1. The number of benzene rings is 1. The van der Waals surface area contributed by atoms with Crippen LogP contribution in [0.25, 0.3) is 0 Å². The molecule has 0 aliphatic rings. The van der Waals surface area contributed by atoms with Crippen LogP contribution in [0.4, 0.5) is 10.5 Å². The minimum atomic E-state index is -1.03. The summed E-state index contributed by atoms with van der Waals surface area (Å²) in [7, 11) is 1.59. The number of carbonyl (C=O) groups is 2. The van der Waals surface area contributed by atoms with Crippen LogP contribution in [0.1, 0.15) is 16.8 Å². The third-order valence-electron chi connectivity index (χ3n) is 2.18. The molecule has 0 spiro atoms. The van der Waals surface area contributed by atoms with Crippen LogP contribution in [-0.4, -0.2) is 37.4 Å². The van der Waals surface area contributed by atoms with E-state index in [1.165, 1.54) is 12.1 Å². The van der Waals surface area contributed by atoms with Crippen molar-refractivity contribution in [3.05, 3.63) is 29.8 Å². The van der Waals surface area contributed by atoms with E-state index in [-0.39, 0.29) is 11.6 Å². The zero-order valence-electron chi connectivity index (χ0n) is 10.1. The first-order chi connectivity index (χ1) is 8.63. The lowest BCUT2D eigenvalue weighted by atomic mass is 10.2. The molecule has 6 heteroatoms. The van der Waals surface area contributed by atoms with Crippen molar-refractivity contribution in [2.45, 2.75) is 6.42 Å². The lowest BCUT2D eigenvalue weighted by molar-refractivity contribution is 0.0697. The van der Waals surface area contributed by atoms with Gasteiger partial charge in [-0.25, -0.2) is 9.59 Å². The van der Waals surface area contributed by atoms with E-state index in [0.29, 0.717) is 18.8 Å². The predicted molar refractivity (Wildman–Crippen MR) is 66.9 cm³/mol. The number of aromatic carboxylic acids is 1. The largest absolute Gasteiger partial charge is 0.478 e. The molecular weight excluding hydrogens is 236 g/mol. The molecule has 0 heterocycles. The first kappa shape index (κ1) is 14.0. The highest BCUT2D eigenvalue weighted by atomic mass is 16.5. The number of urea groups is 1. The first-order valence-corrected chi connectivity index (χ1v) is 5.50. The molecule has 2 amide bonds. The molecule has 0 atom stereocenters. The van der Waals surface area contributed by atoms with Crippen LogP contribution in [0.5, 0.6) is 0 Å². The van der Waals surface area contributed by atoms with Crippen LogP contribution in [0.3, 0.4) is 0 Å². The van der Waals surface area contributed by atoms with Crippen molar-refractivity contribution in [1.29, 1.82) is 0 Å². The summed E-state index contributed by atoms with van der Waals surface area (Å²) in [5, 5.41) is 14.0. The Morgan fingerprint density at radius 1 is 1.39 bits per heavy atom. The normalized spacial score (nSPS) is 9.83. The molecule has 3 N–H and O–H groups in total. The zero-order valence-corrected chi connectivity index (χ0v) is 10.1. The average Bonchev–Trinajstić information content (AvgIpc) is 2.35. The molecule has 0 saturated carbocycles. The third-order valence-corrected chi connectivity index (χ3v) is 2.18. The number of carboxylic acids is 1. The highest BCUT2D eigenvalue weighted by molar-refractivity contribution is 5.93. The Balaban J connectivity index is 2.44. The summed E-state index contributed by atoms with van der Waals surface area (Å²) in [5.74, 6) is -1.03. The minimum absolute atomic E-state index is 0.132. The van der Waals surface area contributed by atoms with Gasteiger partial charge in [-0.05, 0) is 24.6 Å². The van der Waals surface area contributed by atoms with Crippen molar-refractivity contribution in [2.75, 3.05) is 25.6 Å². The zero-order chi connectivity index (χ0) is 13.4. The Morgan fingerprint density at radius 2 is 2.17 bits per heavy atom. The average molecular weight is 252 g/mol. The van der Waals surface area contributed by atoms with E-state index in [1.54, 1.807) is 19.2 Å². The Hall–Kier alpha value is -2.08. The number of methoxy groups -OCH3 is 1. The van der Waals surface area contributed by atoms with Gasteiger partial charge in [0.25, 0.3) is 0 Å². The number of carbonyl (C=O) groups excluding carboxylic acids is 1. The summed E-state index contributed by atoms with van der Waals surface area (Å²) >= 11 is 0. The molecule has 18 heavy (non-hydrogen) atoms. The minimum Gasteiger partial charge on any atom is -0.478 e. The fourth-order valence-corrected chi connectivity index (χ4v) is 1.32. The summed E-state index contributed by atoms with van der Waals surface area (Å²) in [4.78, 5) is 22.2. The van der Waals surface area contributed by atoms with Crippen molar-refractivity contribution in [3.8, 4) is 0 Å². The number of hydrogen-bond acceptors (Lipinski definition) is 3. The Bertz CT molecular complexity index is 420. The SMILES string of the molecule is COCCCNC(=O)Nc1cccc(C(=O)O)c1. The van der Waals surface area contributed by atoms with Gasteiger partial charge in [0.2, 0.25) is 0 Å². The molecule has 1 aromatic rings. The van der Waals surface area contributed by atoms with E-state index in [9.17, 15) is 9.59 Å². The summed E-state index contributed by atoms with van der Waals surface area (Å²) < 4.78 is 4.85. The second kappa shape index (κ2) is 7.29. The van der Waals surface area contributed by atoms with Gasteiger partial charge in [-0.2, -0.15) is 0 Å². The van der Waals surface area contributed by atoms with Crippen molar-refractivity contribution in [1.82, 2.24) is 5.32 Å². The monoisotopic (exact) mass is 252 g/mol. The molecular formula is C12H16N2O4. The molecule has 1 aromatic carbocycles. The molecule has 0 saturated heterocycles. The van der Waals surface area contributed by atoms with Crippen LogP contribution in [0.2, 0.25) is 0 Å².